The Morgan fingerprint density at radius 3 is 2.86 bits per heavy atom. The lowest BCUT2D eigenvalue weighted by molar-refractivity contribution is -0.135. The summed E-state index contributed by atoms with van der Waals surface area (Å²) in [5, 5.41) is 3.21. The molecule has 0 saturated carbocycles. The first kappa shape index (κ1) is 9.90. The lowest BCUT2D eigenvalue weighted by Crippen LogP contribution is -2.42. The van der Waals surface area contributed by atoms with Crippen molar-refractivity contribution in [1.82, 2.24) is 10.2 Å². The number of alkyl halides is 1. The molecule has 0 bridgehead atoms. The zero-order chi connectivity index (χ0) is 9.97. The first-order valence-corrected chi connectivity index (χ1v) is 5.41. The van der Waals surface area contributed by atoms with Gasteiger partial charge in [0.15, 0.2) is 0 Å². The summed E-state index contributed by atoms with van der Waals surface area (Å²) < 4.78 is 12.9. The molecule has 2 aliphatic heterocycles. The lowest BCUT2D eigenvalue weighted by atomic mass is 9.98. The van der Waals surface area contributed by atoms with Gasteiger partial charge in [-0.05, 0) is 25.8 Å². The van der Waals surface area contributed by atoms with Crippen molar-refractivity contribution < 1.29 is 9.18 Å². The van der Waals surface area contributed by atoms with Crippen LogP contribution in [0.25, 0.3) is 0 Å². The third-order valence-corrected chi connectivity index (χ3v) is 3.09. The molecule has 2 saturated heterocycles. The molecule has 14 heavy (non-hydrogen) atoms. The molecule has 80 valence electrons. The molecule has 0 aromatic carbocycles. The first-order valence-electron chi connectivity index (χ1n) is 5.41. The summed E-state index contributed by atoms with van der Waals surface area (Å²) in [5.74, 6) is 0.242. The average Bonchev–Trinajstić information content (AvgIpc) is 2.65. The van der Waals surface area contributed by atoms with Crippen LogP contribution in [0.5, 0.6) is 0 Å². The highest BCUT2D eigenvalue weighted by molar-refractivity contribution is 5.79. The van der Waals surface area contributed by atoms with E-state index in [1.54, 1.807) is 4.90 Å². The Bertz CT molecular complexity index is 209. The Morgan fingerprint density at radius 2 is 2.29 bits per heavy atom. The average molecular weight is 200 g/mol. The monoisotopic (exact) mass is 200 g/mol. The fourth-order valence-electron chi connectivity index (χ4n) is 2.24. The van der Waals surface area contributed by atoms with Crippen molar-refractivity contribution in [2.24, 2.45) is 5.92 Å². The highest BCUT2D eigenvalue weighted by Gasteiger charge is 2.31. The molecule has 0 unspecified atom stereocenters. The molecule has 0 aliphatic carbocycles. The standard InChI is InChI=1S/C10H17FN2O/c11-9-3-5-13(7-9)10(14)8-2-1-4-12-6-8/h8-9,12H,1-7H2/t8-,9-/m0/s1. The molecular weight excluding hydrogens is 183 g/mol. The third-order valence-electron chi connectivity index (χ3n) is 3.09. The van der Waals surface area contributed by atoms with Crippen molar-refractivity contribution in [3.8, 4) is 0 Å². The number of likely N-dealkylation sites (tertiary alicyclic amines) is 1. The summed E-state index contributed by atoms with van der Waals surface area (Å²) in [6.45, 7) is 2.70. The number of halogens is 1. The molecule has 1 N–H and O–H groups in total. The van der Waals surface area contributed by atoms with Crippen LogP contribution in [0.2, 0.25) is 0 Å². The number of nitrogens with zero attached hydrogens (tertiary/aromatic N) is 1. The van der Waals surface area contributed by atoms with Gasteiger partial charge in [-0.25, -0.2) is 4.39 Å². The molecule has 0 aromatic heterocycles. The number of hydrogen-bond acceptors (Lipinski definition) is 2. The minimum absolute atomic E-state index is 0.0917. The second-order valence-corrected chi connectivity index (χ2v) is 4.21. The number of piperidine rings is 1. The molecule has 4 heteroatoms. The molecule has 0 spiro atoms. The van der Waals surface area contributed by atoms with Crippen LogP contribution in [0.15, 0.2) is 0 Å². The van der Waals surface area contributed by atoms with E-state index in [1.807, 2.05) is 0 Å². The van der Waals surface area contributed by atoms with Gasteiger partial charge in [-0.2, -0.15) is 0 Å². The summed E-state index contributed by atoms with van der Waals surface area (Å²) in [6, 6.07) is 0. The SMILES string of the molecule is O=C([C@H]1CCCNC1)N1CC[C@H](F)C1. The van der Waals surface area contributed by atoms with E-state index >= 15 is 0 Å². The summed E-state index contributed by atoms with van der Waals surface area (Å²) in [4.78, 5) is 13.5. The predicted molar refractivity (Wildman–Crippen MR) is 51.7 cm³/mol. The van der Waals surface area contributed by atoms with E-state index in [1.165, 1.54) is 0 Å². The summed E-state index contributed by atoms with van der Waals surface area (Å²) in [5.41, 5.74) is 0. The lowest BCUT2D eigenvalue weighted by Gasteiger charge is -2.26. The van der Waals surface area contributed by atoms with Crippen molar-refractivity contribution in [1.29, 1.82) is 0 Å². The summed E-state index contributed by atoms with van der Waals surface area (Å²) in [6.07, 6.45) is 1.74. The van der Waals surface area contributed by atoms with Crippen molar-refractivity contribution in [3.05, 3.63) is 0 Å². The highest BCUT2D eigenvalue weighted by Crippen LogP contribution is 2.18. The van der Waals surface area contributed by atoms with Gasteiger partial charge in [-0.3, -0.25) is 4.79 Å². The molecule has 2 heterocycles. The van der Waals surface area contributed by atoms with Crippen LogP contribution >= 0.6 is 0 Å². The zero-order valence-electron chi connectivity index (χ0n) is 8.34. The molecule has 1 amide bonds. The zero-order valence-corrected chi connectivity index (χ0v) is 8.34. The molecular formula is C10H17FN2O. The van der Waals surface area contributed by atoms with E-state index in [0.29, 0.717) is 19.5 Å². The smallest absolute Gasteiger partial charge is 0.227 e. The van der Waals surface area contributed by atoms with Crippen LogP contribution < -0.4 is 5.32 Å². The Balaban J connectivity index is 1.87. The minimum atomic E-state index is -0.796. The van der Waals surface area contributed by atoms with Gasteiger partial charge in [-0.15, -0.1) is 0 Å². The molecule has 2 aliphatic rings. The third kappa shape index (κ3) is 2.05. The molecule has 0 aromatic rings. The number of amides is 1. The largest absolute Gasteiger partial charge is 0.339 e. The fourth-order valence-corrected chi connectivity index (χ4v) is 2.24. The number of carbonyl (C=O) groups is 1. The van der Waals surface area contributed by atoms with Crippen LogP contribution in [0, 0.1) is 5.92 Å². The second-order valence-electron chi connectivity index (χ2n) is 4.21. The number of rotatable bonds is 1. The van der Waals surface area contributed by atoms with E-state index in [9.17, 15) is 9.18 Å². The van der Waals surface area contributed by atoms with Gasteiger partial charge in [0, 0.05) is 13.1 Å². The van der Waals surface area contributed by atoms with E-state index in [-0.39, 0.29) is 11.8 Å². The van der Waals surface area contributed by atoms with E-state index in [0.717, 1.165) is 25.9 Å². The van der Waals surface area contributed by atoms with Gasteiger partial charge in [0.1, 0.15) is 6.17 Å². The van der Waals surface area contributed by atoms with E-state index < -0.39 is 6.17 Å². The summed E-state index contributed by atoms with van der Waals surface area (Å²) >= 11 is 0. The van der Waals surface area contributed by atoms with Gasteiger partial charge in [0.05, 0.1) is 12.5 Å². The van der Waals surface area contributed by atoms with Crippen molar-refractivity contribution in [2.45, 2.75) is 25.4 Å². The van der Waals surface area contributed by atoms with E-state index in [2.05, 4.69) is 5.32 Å². The molecule has 2 atom stereocenters. The van der Waals surface area contributed by atoms with E-state index in [4.69, 9.17) is 0 Å². The molecule has 2 fully saturated rings. The van der Waals surface area contributed by atoms with Gasteiger partial charge < -0.3 is 10.2 Å². The van der Waals surface area contributed by atoms with Gasteiger partial charge >= 0.3 is 0 Å². The van der Waals surface area contributed by atoms with Crippen molar-refractivity contribution >= 4 is 5.91 Å². The topological polar surface area (TPSA) is 32.3 Å². The maximum Gasteiger partial charge on any atom is 0.227 e. The van der Waals surface area contributed by atoms with Crippen molar-refractivity contribution in [2.75, 3.05) is 26.2 Å². The van der Waals surface area contributed by atoms with Gasteiger partial charge in [0.25, 0.3) is 0 Å². The Kier molecular flexibility index (Phi) is 3.01. The Labute approximate surface area is 83.6 Å². The summed E-state index contributed by atoms with van der Waals surface area (Å²) in [7, 11) is 0. The number of hydrogen-bond donors (Lipinski definition) is 1. The highest BCUT2D eigenvalue weighted by atomic mass is 19.1. The Hall–Kier alpha value is -0.640. The minimum Gasteiger partial charge on any atom is -0.339 e. The normalized spacial score (nSPS) is 33.4. The molecule has 0 radical (unpaired) electrons. The van der Waals surface area contributed by atoms with Crippen molar-refractivity contribution in [3.63, 3.8) is 0 Å². The number of carbonyl (C=O) groups excluding carboxylic acids is 1. The molecule has 2 rings (SSSR count). The quantitative estimate of drug-likeness (QED) is 0.670. The van der Waals surface area contributed by atoms with Gasteiger partial charge in [-0.1, -0.05) is 0 Å². The second kappa shape index (κ2) is 4.26. The van der Waals surface area contributed by atoms with Gasteiger partial charge in [0.2, 0.25) is 5.91 Å². The van der Waals surface area contributed by atoms with Crippen LogP contribution in [0.3, 0.4) is 0 Å². The van der Waals surface area contributed by atoms with Crippen LogP contribution in [0.1, 0.15) is 19.3 Å². The van der Waals surface area contributed by atoms with Crippen LogP contribution in [-0.4, -0.2) is 43.2 Å². The van der Waals surface area contributed by atoms with Crippen LogP contribution in [0.4, 0.5) is 4.39 Å². The predicted octanol–water partition coefficient (Wildman–Crippen LogP) is 0.556. The van der Waals surface area contributed by atoms with Crippen LogP contribution in [-0.2, 0) is 4.79 Å². The number of nitrogens with one attached hydrogen (secondary N) is 1. The molecule has 3 nitrogen and oxygen atoms in total. The Morgan fingerprint density at radius 1 is 1.43 bits per heavy atom. The maximum atomic E-state index is 12.9. The maximum absolute atomic E-state index is 12.9. The fraction of sp³-hybridized carbons (Fsp3) is 0.900. The first-order chi connectivity index (χ1) is 6.77.